The molecule has 30 heavy (non-hydrogen) atoms. The van der Waals surface area contributed by atoms with Crippen LogP contribution in [0.4, 0.5) is 10.7 Å². The summed E-state index contributed by atoms with van der Waals surface area (Å²) in [5.41, 5.74) is 12.9. The molecule has 2 aromatic rings. The van der Waals surface area contributed by atoms with Gasteiger partial charge in [-0.3, -0.25) is 0 Å². The van der Waals surface area contributed by atoms with Crippen molar-refractivity contribution in [2.24, 2.45) is 16.5 Å². The van der Waals surface area contributed by atoms with Gasteiger partial charge in [-0.25, -0.2) is 27.5 Å². The SMILES string of the molecule is CN(CCCNc1ncc(-c2cccc(CNC(=O)N=C(N)N)c2)cn1)S(C)(=O)=O. The van der Waals surface area contributed by atoms with Crippen LogP contribution in [0.5, 0.6) is 0 Å². The number of aromatic nitrogens is 2. The van der Waals surface area contributed by atoms with E-state index in [9.17, 15) is 13.2 Å². The normalized spacial score (nSPS) is 11.2. The second-order valence-corrected chi connectivity index (χ2v) is 8.65. The number of guanidine groups is 1. The van der Waals surface area contributed by atoms with Gasteiger partial charge in [0, 0.05) is 44.6 Å². The van der Waals surface area contributed by atoms with Crippen molar-refractivity contribution in [3.63, 3.8) is 0 Å². The zero-order chi connectivity index (χ0) is 22.1. The van der Waals surface area contributed by atoms with Crippen molar-refractivity contribution in [3.8, 4) is 11.1 Å². The molecule has 0 spiro atoms. The van der Waals surface area contributed by atoms with Gasteiger partial charge in [-0.1, -0.05) is 18.2 Å². The first-order valence-electron chi connectivity index (χ1n) is 9.09. The maximum atomic E-state index is 11.5. The zero-order valence-electron chi connectivity index (χ0n) is 16.9. The number of amides is 2. The van der Waals surface area contributed by atoms with Crippen LogP contribution in [0.3, 0.4) is 0 Å². The van der Waals surface area contributed by atoms with Gasteiger partial charge in [0.1, 0.15) is 0 Å². The van der Waals surface area contributed by atoms with Crippen molar-refractivity contribution >= 4 is 28.0 Å². The maximum absolute atomic E-state index is 11.5. The molecule has 0 saturated carbocycles. The van der Waals surface area contributed by atoms with Crippen molar-refractivity contribution in [2.45, 2.75) is 13.0 Å². The molecule has 0 aliphatic rings. The Hall–Kier alpha value is -3.25. The minimum Gasteiger partial charge on any atom is -0.370 e. The van der Waals surface area contributed by atoms with E-state index in [1.807, 2.05) is 24.3 Å². The molecule has 162 valence electrons. The van der Waals surface area contributed by atoms with Crippen LogP contribution < -0.4 is 22.1 Å². The number of carbonyl (C=O) groups excluding carboxylic acids is 1. The molecule has 0 fully saturated rings. The van der Waals surface area contributed by atoms with Gasteiger partial charge < -0.3 is 22.1 Å². The Morgan fingerprint density at radius 2 is 1.90 bits per heavy atom. The first-order chi connectivity index (χ1) is 14.1. The number of nitrogens with two attached hydrogens (primary N) is 2. The van der Waals surface area contributed by atoms with Gasteiger partial charge in [0.05, 0.1) is 6.26 Å². The molecule has 1 aromatic heterocycles. The number of benzene rings is 1. The summed E-state index contributed by atoms with van der Waals surface area (Å²) in [6, 6.07) is 6.93. The molecule has 2 amide bonds. The number of sulfonamides is 1. The van der Waals surface area contributed by atoms with Crippen LogP contribution >= 0.6 is 0 Å². The smallest absolute Gasteiger partial charge is 0.344 e. The molecule has 0 bridgehead atoms. The van der Waals surface area contributed by atoms with Crippen LogP contribution in [-0.2, 0) is 16.6 Å². The Kier molecular flexibility index (Phi) is 8.07. The van der Waals surface area contributed by atoms with Crippen molar-refractivity contribution in [1.82, 2.24) is 19.6 Å². The predicted octanol–water partition coefficient (Wildman–Crippen LogP) is 0.320. The van der Waals surface area contributed by atoms with Crippen molar-refractivity contribution < 1.29 is 13.2 Å². The zero-order valence-corrected chi connectivity index (χ0v) is 17.7. The molecule has 0 aliphatic heterocycles. The average molecular weight is 435 g/mol. The van der Waals surface area contributed by atoms with E-state index in [1.54, 1.807) is 19.4 Å². The maximum Gasteiger partial charge on any atom is 0.344 e. The molecule has 11 nitrogen and oxygen atoms in total. The Morgan fingerprint density at radius 3 is 2.53 bits per heavy atom. The van der Waals surface area contributed by atoms with E-state index >= 15 is 0 Å². The van der Waals surface area contributed by atoms with Gasteiger partial charge in [-0.05, 0) is 23.6 Å². The molecule has 0 unspecified atom stereocenters. The van der Waals surface area contributed by atoms with Crippen molar-refractivity contribution in [3.05, 3.63) is 42.2 Å². The number of anilines is 1. The number of aliphatic imine (C=N–C) groups is 1. The summed E-state index contributed by atoms with van der Waals surface area (Å²) in [5.74, 6) is 0.163. The molecule has 2 rings (SSSR count). The second kappa shape index (κ2) is 10.5. The lowest BCUT2D eigenvalue weighted by molar-refractivity contribution is 0.249. The van der Waals surface area contributed by atoms with Crippen molar-refractivity contribution in [2.75, 3.05) is 31.7 Å². The molecule has 6 N–H and O–H groups in total. The summed E-state index contributed by atoms with van der Waals surface area (Å²) < 4.78 is 24.0. The molecule has 0 radical (unpaired) electrons. The standard InChI is InChI=1S/C18H26N8O3S/c1-26(30(2,28)29)8-4-7-21-17-22-11-15(12-23-17)14-6-3-5-13(9-14)10-24-18(27)25-16(19)20/h3,5-6,9,11-12H,4,7-8,10H2,1-2H3,(H,21,22,23)(H5,19,20,24,25,27). The Bertz CT molecular complexity index is 989. The summed E-state index contributed by atoms with van der Waals surface area (Å²) in [6.45, 7) is 1.23. The quantitative estimate of drug-likeness (QED) is 0.248. The third kappa shape index (κ3) is 7.64. The van der Waals surface area contributed by atoms with Crippen LogP contribution in [0.25, 0.3) is 11.1 Å². The van der Waals surface area contributed by atoms with Crippen molar-refractivity contribution in [1.29, 1.82) is 0 Å². The van der Waals surface area contributed by atoms with Gasteiger partial charge >= 0.3 is 6.03 Å². The first kappa shape index (κ1) is 23.0. The number of nitrogens with one attached hydrogen (secondary N) is 2. The fourth-order valence-electron chi connectivity index (χ4n) is 2.43. The average Bonchev–Trinajstić information content (AvgIpc) is 2.69. The van der Waals surface area contributed by atoms with E-state index in [1.165, 1.54) is 10.6 Å². The van der Waals surface area contributed by atoms with E-state index in [4.69, 9.17) is 11.5 Å². The highest BCUT2D eigenvalue weighted by atomic mass is 32.2. The van der Waals surface area contributed by atoms with Gasteiger partial charge in [0.25, 0.3) is 0 Å². The third-order valence-electron chi connectivity index (χ3n) is 4.09. The largest absolute Gasteiger partial charge is 0.370 e. The number of nitrogens with zero attached hydrogens (tertiary/aromatic N) is 4. The van der Waals surface area contributed by atoms with Gasteiger partial charge in [0.2, 0.25) is 16.0 Å². The summed E-state index contributed by atoms with van der Waals surface area (Å²) in [6.07, 6.45) is 5.18. The summed E-state index contributed by atoms with van der Waals surface area (Å²) in [5, 5.41) is 5.66. The highest BCUT2D eigenvalue weighted by Gasteiger charge is 2.09. The lowest BCUT2D eigenvalue weighted by Gasteiger charge is -2.13. The number of urea groups is 1. The molecule has 1 aromatic carbocycles. The van der Waals surface area contributed by atoms with Gasteiger partial charge in [-0.15, -0.1) is 0 Å². The van der Waals surface area contributed by atoms with Gasteiger partial charge in [0.15, 0.2) is 5.96 Å². The van der Waals surface area contributed by atoms with Crippen LogP contribution in [0, 0.1) is 0 Å². The molecule has 1 heterocycles. The van der Waals surface area contributed by atoms with E-state index in [-0.39, 0.29) is 12.5 Å². The fraction of sp³-hybridized carbons (Fsp3) is 0.333. The van der Waals surface area contributed by atoms with E-state index in [2.05, 4.69) is 25.6 Å². The second-order valence-electron chi connectivity index (χ2n) is 6.56. The predicted molar refractivity (Wildman–Crippen MR) is 116 cm³/mol. The van der Waals surface area contributed by atoms with E-state index in [0.717, 1.165) is 16.7 Å². The molecule has 0 aliphatic carbocycles. The molecular formula is C18H26N8O3S. The van der Waals surface area contributed by atoms with Crippen LogP contribution in [0.15, 0.2) is 41.7 Å². The van der Waals surface area contributed by atoms with E-state index < -0.39 is 16.1 Å². The molecule has 12 heteroatoms. The Labute approximate surface area is 175 Å². The molecule has 0 saturated heterocycles. The first-order valence-corrected chi connectivity index (χ1v) is 10.9. The summed E-state index contributed by atoms with van der Waals surface area (Å²) >= 11 is 0. The molecular weight excluding hydrogens is 408 g/mol. The number of hydrogen-bond donors (Lipinski definition) is 4. The topological polar surface area (TPSA) is 169 Å². The van der Waals surface area contributed by atoms with Crippen LogP contribution in [0.1, 0.15) is 12.0 Å². The lowest BCUT2D eigenvalue weighted by Crippen LogP contribution is -2.28. The minimum absolute atomic E-state index is 0.270. The van der Waals surface area contributed by atoms with Gasteiger partial charge in [-0.2, -0.15) is 4.99 Å². The van der Waals surface area contributed by atoms with E-state index in [0.29, 0.717) is 25.5 Å². The summed E-state index contributed by atoms with van der Waals surface area (Å²) in [4.78, 5) is 23.5. The molecule has 0 atom stereocenters. The number of hydrogen-bond acceptors (Lipinski definition) is 6. The minimum atomic E-state index is -3.17. The van der Waals surface area contributed by atoms with Crippen LogP contribution in [-0.4, -0.2) is 61.1 Å². The Morgan fingerprint density at radius 1 is 1.20 bits per heavy atom. The lowest BCUT2D eigenvalue weighted by atomic mass is 10.1. The highest BCUT2D eigenvalue weighted by Crippen LogP contribution is 2.19. The summed E-state index contributed by atoms with van der Waals surface area (Å²) in [7, 11) is -1.63. The fourth-order valence-corrected chi connectivity index (χ4v) is 2.89. The van der Waals surface area contributed by atoms with Crippen LogP contribution in [0.2, 0.25) is 0 Å². The number of carbonyl (C=O) groups is 1. The highest BCUT2D eigenvalue weighted by molar-refractivity contribution is 7.88. The number of rotatable bonds is 9. The monoisotopic (exact) mass is 434 g/mol. The third-order valence-corrected chi connectivity index (χ3v) is 5.40. The Balaban J connectivity index is 1.90.